The zero-order valence-corrected chi connectivity index (χ0v) is 11.9. The van der Waals surface area contributed by atoms with Crippen LogP contribution in [-0.4, -0.2) is 33.8 Å². The molecule has 0 atom stereocenters. The summed E-state index contributed by atoms with van der Waals surface area (Å²) in [5.41, 5.74) is 0.184. The Balaban J connectivity index is 1.93. The second-order valence-electron chi connectivity index (χ2n) is 4.40. The molecule has 0 unspecified atom stereocenters. The minimum atomic E-state index is -0.984. The fourth-order valence-corrected chi connectivity index (χ4v) is 1.88. The fourth-order valence-electron chi connectivity index (χ4n) is 1.88. The highest BCUT2D eigenvalue weighted by atomic mass is 16.5. The van der Waals surface area contributed by atoms with Crippen LogP contribution in [0.25, 0.3) is 0 Å². The number of carboxylic acid groups (broad SMARTS) is 1. The van der Waals surface area contributed by atoms with Crippen LogP contribution < -0.4 is 9.47 Å². The first-order chi connectivity index (χ1) is 10.2. The molecule has 6 nitrogen and oxygen atoms in total. The van der Waals surface area contributed by atoms with Gasteiger partial charge in [0.05, 0.1) is 25.1 Å². The number of ether oxygens (including phenoxy) is 2. The predicted octanol–water partition coefficient (Wildman–Crippen LogP) is 2.45. The van der Waals surface area contributed by atoms with E-state index in [4.69, 9.17) is 14.6 Å². The van der Waals surface area contributed by atoms with Crippen molar-refractivity contribution in [3.05, 3.63) is 42.5 Å². The molecule has 112 valence electrons. The van der Waals surface area contributed by atoms with E-state index in [0.29, 0.717) is 24.7 Å². The normalized spacial score (nSPS) is 10.3. The second-order valence-corrected chi connectivity index (χ2v) is 4.40. The summed E-state index contributed by atoms with van der Waals surface area (Å²) in [6.07, 6.45) is 6.21. The molecule has 21 heavy (non-hydrogen) atoms. The minimum Gasteiger partial charge on any atom is -0.490 e. The molecule has 1 N–H and O–H groups in total. The van der Waals surface area contributed by atoms with Crippen molar-refractivity contribution >= 4 is 5.97 Å². The summed E-state index contributed by atoms with van der Waals surface area (Å²) in [6, 6.07) is 4.62. The quantitative estimate of drug-likeness (QED) is 0.756. The molecular weight excluding hydrogens is 272 g/mol. The van der Waals surface area contributed by atoms with Gasteiger partial charge >= 0.3 is 5.97 Å². The maximum Gasteiger partial charge on any atom is 0.335 e. The van der Waals surface area contributed by atoms with Crippen LogP contribution in [0.3, 0.4) is 0 Å². The molecule has 0 radical (unpaired) electrons. The van der Waals surface area contributed by atoms with Crippen molar-refractivity contribution in [3.8, 4) is 11.5 Å². The minimum absolute atomic E-state index is 0.184. The van der Waals surface area contributed by atoms with Gasteiger partial charge < -0.3 is 19.1 Å². The fraction of sp³-hybridized carbons (Fsp3) is 0.333. The molecule has 1 aromatic heterocycles. The lowest BCUT2D eigenvalue weighted by Crippen LogP contribution is -2.05. The first-order valence-electron chi connectivity index (χ1n) is 6.79. The Hall–Kier alpha value is -2.50. The summed E-state index contributed by atoms with van der Waals surface area (Å²) >= 11 is 0. The Labute approximate surface area is 122 Å². The Morgan fingerprint density at radius 1 is 1.33 bits per heavy atom. The second kappa shape index (κ2) is 7.33. The average molecular weight is 290 g/mol. The summed E-state index contributed by atoms with van der Waals surface area (Å²) in [5.74, 6) is 0.0372. The van der Waals surface area contributed by atoms with Crippen molar-refractivity contribution in [1.29, 1.82) is 0 Å². The first kappa shape index (κ1) is 14.9. The standard InChI is InChI=1S/C15H18N2O4/c1-2-20-14-10-12(15(18)19)4-5-13(14)21-9-3-7-17-8-6-16-11-17/h4-6,8,10-11H,2-3,7,9H2,1H3,(H,18,19). The molecule has 1 heterocycles. The number of nitrogens with zero attached hydrogens (tertiary/aromatic N) is 2. The maximum atomic E-state index is 11.0. The van der Waals surface area contributed by atoms with Gasteiger partial charge in [-0.05, 0) is 31.5 Å². The van der Waals surface area contributed by atoms with Crippen molar-refractivity contribution in [2.24, 2.45) is 0 Å². The average Bonchev–Trinajstić information content (AvgIpc) is 2.98. The molecule has 0 saturated carbocycles. The van der Waals surface area contributed by atoms with E-state index in [9.17, 15) is 4.79 Å². The number of aryl methyl sites for hydroxylation is 1. The van der Waals surface area contributed by atoms with Crippen LogP contribution in [0.15, 0.2) is 36.9 Å². The molecule has 0 aliphatic heterocycles. The Morgan fingerprint density at radius 3 is 2.86 bits per heavy atom. The molecular formula is C15H18N2O4. The van der Waals surface area contributed by atoms with Crippen molar-refractivity contribution < 1.29 is 19.4 Å². The number of carboxylic acids is 1. The van der Waals surface area contributed by atoms with Crippen LogP contribution in [0, 0.1) is 0 Å². The van der Waals surface area contributed by atoms with Gasteiger partial charge in [0.15, 0.2) is 11.5 Å². The Morgan fingerprint density at radius 2 is 2.19 bits per heavy atom. The van der Waals surface area contributed by atoms with Gasteiger partial charge in [-0.3, -0.25) is 0 Å². The van der Waals surface area contributed by atoms with E-state index in [0.717, 1.165) is 13.0 Å². The molecule has 1 aromatic carbocycles. The van der Waals surface area contributed by atoms with E-state index in [-0.39, 0.29) is 5.56 Å². The van der Waals surface area contributed by atoms with Crippen LogP contribution >= 0.6 is 0 Å². The number of rotatable bonds is 8. The first-order valence-corrected chi connectivity index (χ1v) is 6.79. The van der Waals surface area contributed by atoms with Crippen LogP contribution in [0.5, 0.6) is 11.5 Å². The number of aromatic carboxylic acids is 1. The summed E-state index contributed by atoms with van der Waals surface area (Å²) in [6.45, 7) is 3.63. The zero-order chi connectivity index (χ0) is 15.1. The number of carbonyl (C=O) groups is 1. The van der Waals surface area contributed by atoms with E-state index >= 15 is 0 Å². The van der Waals surface area contributed by atoms with Crippen LogP contribution in [0.4, 0.5) is 0 Å². The van der Waals surface area contributed by atoms with Crippen molar-refractivity contribution in [3.63, 3.8) is 0 Å². The lowest BCUT2D eigenvalue weighted by molar-refractivity contribution is 0.0696. The van der Waals surface area contributed by atoms with E-state index in [1.807, 2.05) is 17.7 Å². The molecule has 0 amide bonds. The molecule has 2 aromatic rings. The molecule has 6 heteroatoms. The topological polar surface area (TPSA) is 73.6 Å². The summed E-state index contributed by atoms with van der Waals surface area (Å²) in [4.78, 5) is 14.9. The highest BCUT2D eigenvalue weighted by Crippen LogP contribution is 2.28. The largest absolute Gasteiger partial charge is 0.490 e. The van der Waals surface area contributed by atoms with E-state index < -0.39 is 5.97 Å². The van der Waals surface area contributed by atoms with Gasteiger partial charge in [0.1, 0.15) is 0 Å². The molecule has 0 spiro atoms. The Bertz CT molecular complexity index is 581. The van der Waals surface area contributed by atoms with Crippen molar-refractivity contribution in [2.75, 3.05) is 13.2 Å². The molecule has 2 rings (SSSR count). The van der Waals surface area contributed by atoms with E-state index in [1.165, 1.54) is 12.1 Å². The van der Waals surface area contributed by atoms with Gasteiger partial charge in [-0.2, -0.15) is 0 Å². The number of hydrogen-bond acceptors (Lipinski definition) is 4. The molecule has 0 aliphatic rings. The lowest BCUT2D eigenvalue weighted by atomic mass is 10.2. The van der Waals surface area contributed by atoms with Gasteiger partial charge in [-0.25, -0.2) is 9.78 Å². The Kier molecular flexibility index (Phi) is 5.20. The van der Waals surface area contributed by atoms with Gasteiger partial charge in [0, 0.05) is 18.9 Å². The van der Waals surface area contributed by atoms with Crippen molar-refractivity contribution in [1.82, 2.24) is 9.55 Å². The van der Waals surface area contributed by atoms with E-state index in [2.05, 4.69) is 4.98 Å². The van der Waals surface area contributed by atoms with Gasteiger partial charge in [-0.1, -0.05) is 0 Å². The van der Waals surface area contributed by atoms with Crippen LogP contribution in [0.2, 0.25) is 0 Å². The van der Waals surface area contributed by atoms with Gasteiger partial charge in [0.2, 0.25) is 0 Å². The highest BCUT2D eigenvalue weighted by Gasteiger charge is 2.10. The molecule has 0 bridgehead atoms. The van der Waals surface area contributed by atoms with Gasteiger partial charge in [-0.15, -0.1) is 0 Å². The third kappa shape index (κ3) is 4.24. The van der Waals surface area contributed by atoms with E-state index in [1.54, 1.807) is 18.6 Å². The van der Waals surface area contributed by atoms with Crippen LogP contribution in [0.1, 0.15) is 23.7 Å². The molecule has 0 saturated heterocycles. The third-order valence-corrected chi connectivity index (χ3v) is 2.87. The lowest BCUT2D eigenvalue weighted by Gasteiger charge is -2.12. The van der Waals surface area contributed by atoms with Gasteiger partial charge in [0.25, 0.3) is 0 Å². The number of aromatic nitrogens is 2. The smallest absolute Gasteiger partial charge is 0.335 e. The van der Waals surface area contributed by atoms with Crippen LogP contribution in [-0.2, 0) is 6.54 Å². The molecule has 0 aliphatic carbocycles. The SMILES string of the molecule is CCOc1cc(C(=O)O)ccc1OCCCn1ccnc1. The number of hydrogen-bond donors (Lipinski definition) is 1. The number of imidazole rings is 1. The monoisotopic (exact) mass is 290 g/mol. The molecule has 0 fully saturated rings. The van der Waals surface area contributed by atoms with Crippen molar-refractivity contribution in [2.45, 2.75) is 19.9 Å². The summed E-state index contributed by atoms with van der Waals surface area (Å²) < 4.78 is 13.1. The predicted molar refractivity (Wildman–Crippen MR) is 76.9 cm³/mol. The summed E-state index contributed by atoms with van der Waals surface area (Å²) in [7, 11) is 0. The maximum absolute atomic E-state index is 11.0. The number of benzene rings is 1. The zero-order valence-electron chi connectivity index (χ0n) is 11.9. The third-order valence-electron chi connectivity index (χ3n) is 2.87. The summed E-state index contributed by atoms with van der Waals surface area (Å²) in [5, 5.41) is 8.98. The highest BCUT2D eigenvalue weighted by molar-refractivity contribution is 5.88.